The molecule has 0 spiro atoms. The standard InChI is InChI=1S/C21H17N3O2S/c1-13-20(27-12-23-13)15-8-6-14(7-9-15)11-22-21(26)17-10-19(25)24-18-5-3-2-4-16(17)18/h2-10,12H,11H2,1H3,(H,22,26)(H,24,25). The van der Waals surface area contributed by atoms with Gasteiger partial charge in [0.1, 0.15) is 0 Å². The number of rotatable bonds is 4. The van der Waals surface area contributed by atoms with Crippen LogP contribution in [0.15, 0.2) is 64.9 Å². The van der Waals surface area contributed by atoms with Crippen LogP contribution in [0, 0.1) is 6.92 Å². The summed E-state index contributed by atoms with van der Waals surface area (Å²) in [6.45, 7) is 2.38. The number of nitrogens with one attached hydrogen (secondary N) is 2. The van der Waals surface area contributed by atoms with E-state index in [1.165, 1.54) is 6.07 Å². The number of aryl methyl sites for hydroxylation is 1. The van der Waals surface area contributed by atoms with Crippen molar-refractivity contribution in [2.75, 3.05) is 0 Å². The van der Waals surface area contributed by atoms with Crippen LogP contribution in [0.5, 0.6) is 0 Å². The van der Waals surface area contributed by atoms with Gasteiger partial charge in [0.15, 0.2) is 0 Å². The molecule has 0 fully saturated rings. The van der Waals surface area contributed by atoms with Crippen molar-refractivity contribution in [2.45, 2.75) is 13.5 Å². The third kappa shape index (κ3) is 3.52. The largest absolute Gasteiger partial charge is 0.348 e. The minimum Gasteiger partial charge on any atom is -0.348 e. The molecule has 2 N–H and O–H groups in total. The number of thiazole rings is 1. The molecule has 4 rings (SSSR count). The Balaban J connectivity index is 1.52. The summed E-state index contributed by atoms with van der Waals surface area (Å²) in [5.74, 6) is -0.264. The molecule has 0 aliphatic rings. The van der Waals surface area contributed by atoms with Crippen LogP contribution in [0.4, 0.5) is 0 Å². The second-order valence-corrected chi connectivity index (χ2v) is 7.09. The van der Waals surface area contributed by atoms with E-state index in [1.807, 2.05) is 54.9 Å². The number of hydrogen-bond donors (Lipinski definition) is 2. The fourth-order valence-corrected chi connectivity index (χ4v) is 3.83. The van der Waals surface area contributed by atoms with Gasteiger partial charge in [-0.05, 0) is 24.1 Å². The Morgan fingerprint density at radius 3 is 2.67 bits per heavy atom. The predicted molar refractivity (Wildman–Crippen MR) is 108 cm³/mol. The van der Waals surface area contributed by atoms with E-state index in [4.69, 9.17) is 0 Å². The number of nitrogens with zero attached hydrogens (tertiary/aromatic N) is 1. The summed E-state index contributed by atoms with van der Waals surface area (Å²) in [4.78, 5) is 32.6. The van der Waals surface area contributed by atoms with E-state index in [2.05, 4.69) is 15.3 Å². The maximum absolute atomic E-state index is 12.6. The Labute approximate surface area is 159 Å². The van der Waals surface area contributed by atoms with E-state index in [0.717, 1.165) is 27.1 Å². The fourth-order valence-electron chi connectivity index (χ4n) is 3.02. The molecular formula is C21H17N3O2S. The van der Waals surface area contributed by atoms with Crippen LogP contribution >= 0.6 is 11.3 Å². The maximum atomic E-state index is 12.6. The van der Waals surface area contributed by atoms with Gasteiger partial charge in [0.25, 0.3) is 5.91 Å². The minimum absolute atomic E-state index is 0.264. The highest BCUT2D eigenvalue weighted by atomic mass is 32.1. The van der Waals surface area contributed by atoms with E-state index in [9.17, 15) is 9.59 Å². The molecule has 2 aromatic carbocycles. The zero-order valence-corrected chi connectivity index (χ0v) is 15.5. The molecule has 6 heteroatoms. The van der Waals surface area contributed by atoms with Crippen LogP contribution in [0.25, 0.3) is 21.3 Å². The summed E-state index contributed by atoms with van der Waals surface area (Å²) < 4.78 is 0. The molecule has 0 bridgehead atoms. The Morgan fingerprint density at radius 1 is 1.15 bits per heavy atom. The van der Waals surface area contributed by atoms with Crippen molar-refractivity contribution < 1.29 is 4.79 Å². The zero-order valence-electron chi connectivity index (χ0n) is 14.7. The average Bonchev–Trinajstić information content (AvgIpc) is 3.11. The van der Waals surface area contributed by atoms with Crippen molar-refractivity contribution in [2.24, 2.45) is 0 Å². The van der Waals surface area contributed by atoms with Crippen LogP contribution < -0.4 is 10.9 Å². The minimum atomic E-state index is -0.289. The molecular weight excluding hydrogens is 358 g/mol. The molecule has 0 saturated carbocycles. The van der Waals surface area contributed by atoms with E-state index >= 15 is 0 Å². The SMILES string of the molecule is Cc1ncsc1-c1ccc(CNC(=O)c2cc(=O)[nH]c3ccccc23)cc1. The highest BCUT2D eigenvalue weighted by molar-refractivity contribution is 7.13. The summed E-state index contributed by atoms with van der Waals surface area (Å²) >= 11 is 1.61. The lowest BCUT2D eigenvalue weighted by Gasteiger charge is -2.08. The van der Waals surface area contributed by atoms with Gasteiger partial charge >= 0.3 is 0 Å². The van der Waals surface area contributed by atoms with Gasteiger partial charge in [-0.2, -0.15) is 0 Å². The van der Waals surface area contributed by atoms with Crippen LogP contribution in [0.3, 0.4) is 0 Å². The summed E-state index contributed by atoms with van der Waals surface area (Å²) in [5.41, 5.74) is 5.70. The number of aromatic nitrogens is 2. The van der Waals surface area contributed by atoms with Crippen LogP contribution in [0.2, 0.25) is 0 Å². The van der Waals surface area contributed by atoms with Crippen molar-refractivity contribution in [1.29, 1.82) is 0 Å². The molecule has 0 aliphatic carbocycles. The Morgan fingerprint density at radius 2 is 1.93 bits per heavy atom. The number of carbonyl (C=O) groups excluding carboxylic acids is 1. The second kappa shape index (κ2) is 7.17. The predicted octanol–water partition coefficient (Wildman–Crippen LogP) is 3.89. The Bertz CT molecular complexity index is 1180. The van der Waals surface area contributed by atoms with Crippen molar-refractivity contribution in [1.82, 2.24) is 15.3 Å². The average molecular weight is 375 g/mol. The summed E-state index contributed by atoms with van der Waals surface area (Å²) in [7, 11) is 0. The van der Waals surface area contributed by atoms with E-state index in [0.29, 0.717) is 17.6 Å². The first-order valence-corrected chi connectivity index (χ1v) is 9.39. The van der Waals surface area contributed by atoms with E-state index < -0.39 is 0 Å². The molecule has 134 valence electrons. The van der Waals surface area contributed by atoms with Gasteiger partial charge in [-0.3, -0.25) is 9.59 Å². The first kappa shape index (κ1) is 17.2. The highest BCUT2D eigenvalue weighted by Gasteiger charge is 2.11. The normalized spacial score (nSPS) is 10.9. The lowest BCUT2D eigenvalue weighted by molar-refractivity contribution is 0.0952. The van der Waals surface area contributed by atoms with Crippen molar-refractivity contribution in [3.8, 4) is 10.4 Å². The summed E-state index contributed by atoms with van der Waals surface area (Å²) in [5, 5.41) is 3.63. The molecule has 2 heterocycles. The quantitative estimate of drug-likeness (QED) is 0.568. The highest BCUT2D eigenvalue weighted by Crippen LogP contribution is 2.27. The first-order valence-electron chi connectivity index (χ1n) is 8.51. The summed E-state index contributed by atoms with van der Waals surface area (Å²) in [6, 6.07) is 16.7. The molecule has 5 nitrogen and oxygen atoms in total. The molecule has 0 atom stereocenters. The number of fused-ring (bicyclic) bond motifs is 1. The molecule has 4 aromatic rings. The number of aromatic amines is 1. The van der Waals surface area contributed by atoms with Gasteiger partial charge in [-0.15, -0.1) is 11.3 Å². The number of benzene rings is 2. The molecule has 2 aromatic heterocycles. The van der Waals surface area contributed by atoms with Crippen LogP contribution in [0.1, 0.15) is 21.6 Å². The molecule has 0 radical (unpaired) electrons. The third-order valence-corrected chi connectivity index (χ3v) is 5.39. The number of para-hydroxylation sites is 1. The van der Waals surface area contributed by atoms with Crippen molar-refractivity contribution in [3.05, 3.63) is 87.3 Å². The monoisotopic (exact) mass is 375 g/mol. The fraction of sp³-hybridized carbons (Fsp3) is 0.0952. The molecule has 0 saturated heterocycles. The lowest BCUT2D eigenvalue weighted by atomic mass is 10.1. The topological polar surface area (TPSA) is 74.8 Å². The smallest absolute Gasteiger partial charge is 0.252 e. The lowest BCUT2D eigenvalue weighted by Crippen LogP contribution is -2.24. The molecule has 0 unspecified atom stereocenters. The number of pyridine rings is 1. The number of carbonyl (C=O) groups is 1. The van der Waals surface area contributed by atoms with Crippen LogP contribution in [-0.2, 0) is 6.54 Å². The molecule has 1 amide bonds. The van der Waals surface area contributed by atoms with Gasteiger partial charge in [-0.25, -0.2) is 4.98 Å². The molecule has 0 aliphatic heterocycles. The van der Waals surface area contributed by atoms with Gasteiger partial charge in [0.05, 0.1) is 21.6 Å². The number of hydrogen-bond acceptors (Lipinski definition) is 4. The van der Waals surface area contributed by atoms with Gasteiger partial charge in [0, 0.05) is 23.5 Å². The van der Waals surface area contributed by atoms with Gasteiger partial charge in [0.2, 0.25) is 5.56 Å². The van der Waals surface area contributed by atoms with Crippen molar-refractivity contribution in [3.63, 3.8) is 0 Å². The maximum Gasteiger partial charge on any atom is 0.252 e. The van der Waals surface area contributed by atoms with Gasteiger partial charge < -0.3 is 10.3 Å². The van der Waals surface area contributed by atoms with Crippen molar-refractivity contribution >= 4 is 28.1 Å². The number of H-pyrrole nitrogens is 1. The second-order valence-electron chi connectivity index (χ2n) is 6.24. The van der Waals surface area contributed by atoms with Crippen LogP contribution in [-0.4, -0.2) is 15.9 Å². The third-order valence-electron chi connectivity index (χ3n) is 4.41. The van der Waals surface area contributed by atoms with E-state index in [-0.39, 0.29) is 11.5 Å². The zero-order chi connectivity index (χ0) is 18.8. The first-order chi connectivity index (χ1) is 13.1. The van der Waals surface area contributed by atoms with E-state index in [1.54, 1.807) is 17.4 Å². The van der Waals surface area contributed by atoms with Gasteiger partial charge in [-0.1, -0.05) is 42.5 Å². The number of amides is 1. The molecule has 27 heavy (non-hydrogen) atoms. The summed E-state index contributed by atoms with van der Waals surface area (Å²) in [6.07, 6.45) is 0. The Kier molecular flexibility index (Phi) is 4.56. The Hall–Kier alpha value is -3.25.